The van der Waals surface area contributed by atoms with Gasteiger partial charge >= 0.3 is 12.0 Å². The van der Waals surface area contributed by atoms with Gasteiger partial charge < -0.3 is 20.6 Å². The van der Waals surface area contributed by atoms with Crippen molar-refractivity contribution in [1.82, 2.24) is 15.5 Å². The van der Waals surface area contributed by atoms with Gasteiger partial charge in [-0.3, -0.25) is 0 Å². The summed E-state index contributed by atoms with van der Waals surface area (Å²) in [5, 5.41) is 15.0. The lowest BCUT2D eigenvalue weighted by Gasteiger charge is -2.29. The zero-order chi connectivity index (χ0) is 15.3. The van der Waals surface area contributed by atoms with Crippen molar-refractivity contribution in [3.8, 4) is 0 Å². The monoisotopic (exact) mass is 297 g/mol. The van der Waals surface area contributed by atoms with E-state index >= 15 is 0 Å². The van der Waals surface area contributed by atoms with E-state index in [9.17, 15) is 14.7 Å². The molecule has 0 heterocycles. The molecule has 0 aromatic heterocycles. The van der Waals surface area contributed by atoms with E-state index < -0.39 is 11.5 Å². The number of aliphatic carboxylic acids is 1. The maximum absolute atomic E-state index is 12.0. The average molecular weight is 297 g/mol. The predicted molar refractivity (Wildman–Crippen MR) is 80.3 cm³/mol. The molecule has 2 rings (SSSR count). The molecule has 0 aromatic carbocycles. The number of hydrogen-bond donors (Lipinski definition) is 3. The number of carbonyl (C=O) groups excluding carboxylic acids is 1. The third-order valence-corrected chi connectivity index (χ3v) is 4.64. The molecule has 2 fully saturated rings. The van der Waals surface area contributed by atoms with Crippen LogP contribution in [0.2, 0.25) is 0 Å². The molecule has 2 aliphatic carbocycles. The summed E-state index contributed by atoms with van der Waals surface area (Å²) in [7, 11) is 2.06. The molecular weight excluding hydrogens is 270 g/mol. The second-order valence-electron chi connectivity index (χ2n) is 6.39. The van der Waals surface area contributed by atoms with E-state index in [2.05, 4.69) is 22.6 Å². The lowest BCUT2D eigenvalue weighted by Crippen LogP contribution is -2.57. The Morgan fingerprint density at radius 2 is 1.81 bits per heavy atom. The van der Waals surface area contributed by atoms with Crippen molar-refractivity contribution in [2.45, 2.75) is 62.9 Å². The molecule has 2 amide bonds. The van der Waals surface area contributed by atoms with E-state index in [1.54, 1.807) is 0 Å². The lowest BCUT2D eigenvalue weighted by atomic mass is 9.90. The SMILES string of the molecule is CN(CCNC(=O)NC1(C(=O)O)CCCCCC1)C1CC1. The van der Waals surface area contributed by atoms with Crippen LogP contribution in [-0.2, 0) is 4.79 Å². The fourth-order valence-corrected chi connectivity index (χ4v) is 3.03. The van der Waals surface area contributed by atoms with Gasteiger partial charge in [-0.25, -0.2) is 9.59 Å². The van der Waals surface area contributed by atoms with E-state index in [0.717, 1.165) is 32.2 Å². The van der Waals surface area contributed by atoms with Crippen LogP contribution in [0.5, 0.6) is 0 Å². The summed E-state index contributed by atoms with van der Waals surface area (Å²) in [6.07, 6.45) is 7.34. The van der Waals surface area contributed by atoms with Crippen LogP contribution in [0.25, 0.3) is 0 Å². The molecule has 0 unspecified atom stereocenters. The Labute approximate surface area is 126 Å². The second kappa shape index (κ2) is 7.11. The molecule has 2 saturated carbocycles. The molecule has 0 bridgehead atoms. The molecule has 0 radical (unpaired) electrons. The molecule has 0 aliphatic heterocycles. The lowest BCUT2D eigenvalue weighted by molar-refractivity contribution is -0.145. The summed E-state index contributed by atoms with van der Waals surface area (Å²) >= 11 is 0. The Hall–Kier alpha value is -1.30. The third kappa shape index (κ3) is 4.59. The van der Waals surface area contributed by atoms with Crippen LogP contribution in [0.3, 0.4) is 0 Å². The Morgan fingerprint density at radius 3 is 2.33 bits per heavy atom. The molecule has 120 valence electrons. The number of rotatable bonds is 6. The fourth-order valence-electron chi connectivity index (χ4n) is 3.03. The number of carbonyl (C=O) groups is 2. The van der Waals surface area contributed by atoms with Crippen LogP contribution in [-0.4, -0.2) is 53.7 Å². The maximum Gasteiger partial charge on any atom is 0.329 e. The van der Waals surface area contributed by atoms with Gasteiger partial charge in [0.2, 0.25) is 0 Å². The summed E-state index contributed by atoms with van der Waals surface area (Å²) in [6, 6.07) is 0.311. The van der Waals surface area contributed by atoms with Gasteiger partial charge in [-0.1, -0.05) is 25.7 Å². The number of carboxylic acids is 1. The summed E-state index contributed by atoms with van der Waals surface area (Å²) < 4.78 is 0. The molecule has 0 saturated heterocycles. The summed E-state index contributed by atoms with van der Waals surface area (Å²) in [4.78, 5) is 25.8. The van der Waals surface area contributed by atoms with Gasteiger partial charge in [0.15, 0.2) is 0 Å². The predicted octanol–water partition coefficient (Wildman–Crippen LogP) is 1.56. The van der Waals surface area contributed by atoms with Crippen LogP contribution in [0.15, 0.2) is 0 Å². The number of nitrogens with one attached hydrogen (secondary N) is 2. The minimum Gasteiger partial charge on any atom is -0.480 e. The highest BCUT2D eigenvalue weighted by atomic mass is 16.4. The molecule has 3 N–H and O–H groups in total. The van der Waals surface area contributed by atoms with Gasteiger partial charge in [0.25, 0.3) is 0 Å². The zero-order valence-corrected chi connectivity index (χ0v) is 12.9. The van der Waals surface area contributed by atoms with Crippen LogP contribution >= 0.6 is 0 Å². The quantitative estimate of drug-likeness (QED) is 0.650. The van der Waals surface area contributed by atoms with Crippen molar-refractivity contribution in [3.05, 3.63) is 0 Å². The van der Waals surface area contributed by atoms with Gasteiger partial charge in [-0.2, -0.15) is 0 Å². The van der Waals surface area contributed by atoms with Crippen molar-refractivity contribution in [2.75, 3.05) is 20.1 Å². The van der Waals surface area contributed by atoms with Crippen LogP contribution in [0.1, 0.15) is 51.4 Å². The number of hydrogen-bond acceptors (Lipinski definition) is 3. The molecule has 2 aliphatic rings. The molecule has 0 aromatic rings. The number of nitrogens with zero attached hydrogens (tertiary/aromatic N) is 1. The molecule has 0 spiro atoms. The Morgan fingerprint density at radius 1 is 1.19 bits per heavy atom. The average Bonchev–Trinajstić information content (AvgIpc) is 3.26. The van der Waals surface area contributed by atoms with Gasteiger partial charge in [0.1, 0.15) is 5.54 Å². The summed E-state index contributed by atoms with van der Waals surface area (Å²) in [5.41, 5.74) is -1.08. The van der Waals surface area contributed by atoms with Crippen molar-refractivity contribution in [1.29, 1.82) is 0 Å². The molecule has 21 heavy (non-hydrogen) atoms. The summed E-state index contributed by atoms with van der Waals surface area (Å²) in [6.45, 7) is 1.35. The molecule has 6 heteroatoms. The first-order valence-corrected chi connectivity index (χ1v) is 8.03. The van der Waals surface area contributed by atoms with Crippen molar-refractivity contribution >= 4 is 12.0 Å². The first-order valence-electron chi connectivity index (χ1n) is 8.03. The van der Waals surface area contributed by atoms with Gasteiger partial charge in [-0.15, -0.1) is 0 Å². The van der Waals surface area contributed by atoms with Crippen LogP contribution < -0.4 is 10.6 Å². The third-order valence-electron chi connectivity index (χ3n) is 4.64. The highest BCUT2D eigenvalue weighted by molar-refractivity contribution is 5.86. The molecule has 0 atom stereocenters. The van der Waals surface area contributed by atoms with Gasteiger partial charge in [0, 0.05) is 19.1 Å². The van der Waals surface area contributed by atoms with E-state index in [-0.39, 0.29) is 6.03 Å². The smallest absolute Gasteiger partial charge is 0.329 e. The summed E-state index contributed by atoms with van der Waals surface area (Å²) in [5.74, 6) is -0.908. The van der Waals surface area contributed by atoms with E-state index in [1.807, 2.05) is 0 Å². The Balaban J connectivity index is 1.78. The topological polar surface area (TPSA) is 81.7 Å². The Kier molecular flexibility index (Phi) is 5.45. The van der Waals surface area contributed by atoms with Crippen molar-refractivity contribution in [2.24, 2.45) is 0 Å². The fraction of sp³-hybridized carbons (Fsp3) is 0.867. The van der Waals surface area contributed by atoms with Gasteiger partial charge in [-0.05, 0) is 32.7 Å². The minimum absolute atomic E-state index is 0.358. The zero-order valence-electron chi connectivity index (χ0n) is 12.9. The van der Waals surface area contributed by atoms with Crippen LogP contribution in [0, 0.1) is 0 Å². The number of likely N-dealkylation sites (N-methyl/N-ethyl adjacent to an activating group) is 1. The first kappa shape index (κ1) is 16.1. The Bertz CT molecular complexity index is 374. The van der Waals surface area contributed by atoms with Crippen LogP contribution in [0.4, 0.5) is 4.79 Å². The van der Waals surface area contributed by atoms with E-state index in [0.29, 0.717) is 25.4 Å². The van der Waals surface area contributed by atoms with Gasteiger partial charge in [0.05, 0.1) is 0 Å². The molecular formula is C15H27N3O3. The largest absolute Gasteiger partial charge is 0.480 e. The van der Waals surface area contributed by atoms with Crippen molar-refractivity contribution < 1.29 is 14.7 Å². The minimum atomic E-state index is -1.08. The highest BCUT2D eigenvalue weighted by Gasteiger charge is 2.40. The number of amides is 2. The van der Waals surface area contributed by atoms with Crippen molar-refractivity contribution in [3.63, 3.8) is 0 Å². The highest BCUT2D eigenvalue weighted by Crippen LogP contribution is 2.27. The normalized spacial score (nSPS) is 21.6. The number of urea groups is 1. The van der Waals surface area contributed by atoms with E-state index in [1.165, 1.54) is 12.8 Å². The maximum atomic E-state index is 12.0. The standard InChI is InChI=1S/C15H27N3O3/c1-18(12-6-7-12)11-10-16-14(21)17-15(13(19)20)8-4-2-3-5-9-15/h12H,2-11H2,1H3,(H,19,20)(H2,16,17,21). The molecule has 6 nitrogen and oxygen atoms in total. The van der Waals surface area contributed by atoms with E-state index in [4.69, 9.17) is 0 Å². The number of carboxylic acid groups (broad SMARTS) is 1. The second-order valence-corrected chi connectivity index (χ2v) is 6.39. The first-order chi connectivity index (χ1) is 10.0.